The average molecular weight is 388 g/mol. The van der Waals surface area contributed by atoms with Gasteiger partial charge in [0.25, 0.3) is 0 Å². The second-order valence-corrected chi connectivity index (χ2v) is 9.31. The van der Waals surface area contributed by atoms with Crippen LogP contribution in [0.15, 0.2) is 41.3 Å². The van der Waals surface area contributed by atoms with Crippen molar-refractivity contribution in [3.63, 3.8) is 0 Å². The molecule has 1 unspecified atom stereocenters. The van der Waals surface area contributed by atoms with Gasteiger partial charge in [-0.1, -0.05) is 31.0 Å². The lowest BCUT2D eigenvalue weighted by atomic mass is 10.0. The Morgan fingerprint density at radius 1 is 0.926 bits per heavy atom. The predicted octanol–water partition coefficient (Wildman–Crippen LogP) is 4.93. The number of hydrogen-bond donors (Lipinski definition) is 0. The van der Waals surface area contributed by atoms with Crippen molar-refractivity contribution in [2.24, 2.45) is 0 Å². The fourth-order valence-corrected chi connectivity index (χ4v) is 5.84. The van der Waals surface area contributed by atoms with E-state index < -0.39 is 10.0 Å². The summed E-state index contributed by atoms with van der Waals surface area (Å²) in [5, 5.41) is 0. The van der Waals surface area contributed by atoms with Gasteiger partial charge in [-0.2, -0.15) is 4.31 Å². The first-order valence-electron chi connectivity index (χ1n) is 9.58. The molecule has 27 heavy (non-hydrogen) atoms. The first-order chi connectivity index (χ1) is 12.8. The molecule has 5 heteroatoms. The van der Waals surface area contributed by atoms with Gasteiger partial charge in [-0.3, -0.25) is 0 Å². The van der Waals surface area contributed by atoms with Gasteiger partial charge in [0.1, 0.15) is 5.75 Å². The summed E-state index contributed by atoms with van der Waals surface area (Å²) in [6.07, 6.45) is 3.84. The van der Waals surface area contributed by atoms with Crippen molar-refractivity contribution in [3.8, 4) is 5.75 Å². The van der Waals surface area contributed by atoms with Crippen LogP contribution < -0.4 is 4.74 Å². The van der Waals surface area contributed by atoms with Crippen LogP contribution in [0.3, 0.4) is 0 Å². The second kappa shape index (κ2) is 8.03. The molecule has 2 aromatic carbocycles. The molecule has 0 spiro atoms. The molecule has 0 N–H and O–H groups in total. The highest BCUT2D eigenvalue weighted by Gasteiger charge is 2.34. The van der Waals surface area contributed by atoms with Crippen LogP contribution in [0.5, 0.6) is 5.75 Å². The van der Waals surface area contributed by atoms with Crippen LogP contribution in [-0.4, -0.2) is 26.4 Å². The van der Waals surface area contributed by atoms with E-state index >= 15 is 0 Å². The van der Waals surface area contributed by atoms with E-state index in [0.29, 0.717) is 11.4 Å². The van der Waals surface area contributed by atoms with Crippen LogP contribution in [0.2, 0.25) is 0 Å². The summed E-state index contributed by atoms with van der Waals surface area (Å²) >= 11 is 0. The summed E-state index contributed by atoms with van der Waals surface area (Å²) < 4.78 is 34.2. The van der Waals surface area contributed by atoms with Crippen LogP contribution in [0.4, 0.5) is 0 Å². The summed E-state index contributed by atoms with van der Waals surface area (Å²) in [4.78, 5) is 0.436. The molecular weight excluding hydrogens is 358 g/mol. The number of nitrogens with zero attached hydrogens (tertiary/aromatic N) is 1. The Balaban J connectivity index is 2.05. The number of methoxy groups -OCH3 is 1. The Kier molecular flexibility index (Phi) is 5.92. The zero-order valence-electron chi connectivity index (χ0n) is 16.7. The summed E-state index contributed by atoms with van der Waals surface area (Å²) in [7, 11) is -1.93. The third kappa shape index (κ3) is 4.04. The number of sulfonamides is 1. The molecule has 1 fully saturated rings. The van der Waals surface area contributed by atoms with E-state index in [2.05, 4.69) is 0 Å². The van der Waals surface area contributed by atoms with Crippen LogP contribution in [0.1, 0.15) is 54.0 Å². The van der Waals surface area contributed by atoms with Gasteiger partial charge in [-0.15, -0.1) is 0 Å². The maximum atomic E-state index is 13.6. The van der Waals surface area contributed by atoms with Crippen molar-refractivity contribution < 1.29 is 13.2 Å². The van der Waals surface area contributed by atoms with Crippen LogP contribution in [0.25, 0.3) is 0 Å². The van der Waals surface area contributed by atoms with Crippen molar-refractivity contribution in [1.82, 2.24) is 4.31 Å². The van der Waals surface area contributed by atoms with E-state index in [4.69, 9.17) is 4.74 Å². The number of hydrogen-bond acceptors (Lipinski definition) is 3. The van der Waals surface area contributed by atoms with Crippen LogP contribution in [0, 0.1) is 20.8 Å². The topological polar surface area (TPSA) is 46.6 Å². The molecule has 0 aromatic heterocycles. The van der Waals surface area contributed by atoms with Gasteiger partial charge < -0.3 is 4.74 Å². The molecule has 2 aromatic rings. The number of ether oxygens (including phenoxy) is 1. The lowest BCUT2D eigenvalue weighted by Gasteiger charge is -2.30. The molecular formula is C22H29NO3S. The largest absolute Gasteiger partial charge is 0.497 e. The third-order valence-corrected chi connectivity index (χ3v) is 7.63. The Bertz CT molecular complexity index is 904. The van der Waals surface area contributed by atoms with Crippen molar-refractivity contribution >= 4 is 10.0 Å². The van der Waals surface area contributed by atoms with Gasteiger partial charge >= 0.3 is 0 Å². The summed E-state index contributed by atoms with van der Waals surface area (Å²) in [5.41, 5.74) is 3.97. The Hall–Kier alpha value is -1.85. The quantitative estimate of drug-likeness (QED) is 0.747. The molecule has 1 saturated heterocycles. The fourth-order valence-electron chi connectivity index (χ4n) is 3.87. The number of benzene rings is 2. The van der Waals surface area contributed by atoms with Crippen LogP contribution in [-0.2, 0) is 10.0 Å². The molecule has 1 aliphatic heterocycles. The predicted molar refractivity (Wildman–Crippen MR) is 109 cm³/mol. The van der Waals surface area contributed by atoms with E-state index in [1.807, 2.05) is 57.2 Å². The maximum absolute atomic E-state index is 13.6. The minimum absolute atomic E-state index is 0.135. The van der Waals surface area contributed by atoms with E-state index in [-0.39, 0.29) is 6.04 Å². The monoisotopic (exact) mass is 387 g/mol. The SMILES string of the molecule is COc1ccc(C2CCCCCN2S(=O)(=O)c2cc(C)c(C)cc2C)cc1. The maximum Gasteiger partial charge on any atom is 0.243 e. The Morgan fingerprint density at radius 2 is 1.59 bits per heavy atom. The highest BCUT2D eigenvalue weighted by atomic mass is 32.2. The third-order valence-electron chi connectivity index (χ3n) is 5.58. The van der Waals surface area contributed by atoms with E-state index in [9.17, 15) is 8.42 Å². The van der Waals surface area contributed by atoms with E-state index in [1.165, 1.54) is 0 Å². The first-order valence-corrected chi connectivity index (χ1v) is 11.0. The summed E-state index contributed by atoms with van der Waals surface area (Å²) in [5.74, 6) is 0.784. The van der Waals surface area contributed by atoms with Gasteiger partial charge in [-0.05, 0) is 74.1 Å². The summed E-state index contributed by atoms with van der Waals surface area (Å²) in [6.45, 7) is 6.44. The molecule has 1 aliphatic rings. The molecule has 146 valence electrons. The lowest BCUT2D eigenvalue weighted by molar-refractivity contribution is 0.328. The number of rotatable bonds is 4. The van der Waals surface area contributed by atoms with Gasteiger partial charge in [0.05, 0.1) is 18.0 Å². The molecule has 3 rings (SSSR count). The van der Waals surface area contributed by atoms with Crippen molar-refractivity contribution in [2.75, 3.05) is 13.7 Å². The smallest absolute Gasteiger partial charge is 0.243 e. The van der Waals surface area contributed by atoms with E-state index in [0.717, 1.165) is 53.7 Å². The molecule has 4 nitrogen and oxygen atoms in total. The van der Waals surface area contributed by atoms with Gasteiger partial charge in [0.2, 0.25) is 10.0 Å². The standard InChI is InChI=1S/C22H29NO3S/c1-16-14-18(3)22(15-17(16)2)27(24,25)23-13-7-5-6-8-21(23)19-9-11-20(26-4)12-10-19/h9-12,14-15,21H,5-8,13H2,1-4H3. The highest BCUT2D eigenvalue weighted by Crippen LogP contribution is 2.36. The zero-order chi connectivity index (χ0) is 19.6. The van der Waals surface area contributed by atoms with Gasteiger partial charge in [0.15, 0.2) is 0 Å². The van der Waals surface area contributed by atoms with Crippen molar-refractivity contribution in [1.29, 1.82) is 0 Å². The molecule has 1 heterocycles. The van der Waals surface area contributed by atoms with Crippen molar-refractivity contribution in [3.05, 3.63) is 58.7 Å². The fraction of sp³-hybridized carbons (Fsp3) is 0.455. The molecule has 0 bridgehead atoms. The lowest BCUT2D eigenvalue weighted by Crippen LogP contribution is -2.35. The molecule has 0 saturated carbocycles. The van der Waals surface area contributed by atoms with E-state index in [1.54, 1.807) is 11.4 Å². The molecule has 0 radical (unpaired) electrons. The first kappa shape index (κ1) is 19.9. The Morgan fingerprint density at radius 3 is 2.26 bits per heavy atom. The molecule has 1 atom stereocenters. The minimum atomic E-state index is -3.57. The Labute approximate surface area is 163 Å². The van der Waals surface area contributed by atoms with Gasteiger partial charge in [-0.25, -0.2) is 8.42 Å². The summed E-state index contributed by atoms with van der Waals surface area (Å²) in [6, 6.07) is 11.5. The van der Waals surface area contributed by atoms with Crippen LogP contribution >= 0.6 is 0 Å². The average Bonchev–Trinajstić information content (AvgIpc) is 2.91. The zero-order valence-corrected chi connectivity index (χ0v) is 17.5. The molecule has 0 amide bonds. The number of aryl methyl sites for hydroxylation is 3. The normalized spacial score (nSPS) is 18.9. The highest BCUT2D eigenvalue weighted by molar-refractivity contribution is 7.89. The molecule has 0 aliphatic carbocycles. The van der Waals surface area contributed by atoms with Crippen molar-refractivity contribution in [2.45, 2.75) is 57.4 Å². The second-order valence-electron chi connectivity index (χ2n) is 7.46. The minimum Gasteiger partial charge on any atom is -0.497 e. The van der Waals surface area contributed by atoms with Gasteiger partial charge in [0, 0.05) is 6.54 Å².